The molecule has 0 amide bonds. The SMILES string of the molecule is CCOC(=O)n1c(-c2ccccc2Cl)cc2cc(-c3ccc(C#N)cc3C)ccc21.CCOC(=O)n1c(-c2ccccc2Cl)cc2cc(I)ccc21.Cc1cc(C#N)ccc1-c1ccc2[nH]c(-c3ccccc3Cl)cc2c1. The number of ether oxygens (including phenoxy) is 2. The van der Waals surface area contributed by atoms with E-state index in [1.165, 1.54) is 0 Å². The van der Waals surface area contributed by atoms with Crippen LogP contribution in [0.25, 0.3) is 88.7 Å². The Kier molecular flexibility index (Phi) is 16.6. The Morgan fingerprint density at radius 1 is 0.506 bits per heavy atom. The van der Waals surface area contributed by atoms with E-state index in [1.807, 2.05) is 166 Å². The van der Waals surface area contributed by atoms with Gasteiger partial charge in [-0.1, -0.05) is 114 Å². The number of carbonyl (C=O) groups is 2. The second-order valence-electron chi connectivity index (χ2n) is 17.8. The van der Waals surface area contributed by atoms with E-state index in [0.717, 1.165) is 103 Å². The second kappa shape index (κ2) is 23.8. The lowest BCUT2D eigenvalue weighted by molar-refractivity contribution is 0.154. The summed E-state index contributed by atoms with van der Waals surface area (Å²) < 4.78 is 14.8. The molecule has 3 aromatic heterocycles. The van der Waals surface area contributed by atoms with Crippen LogP contribution in [0.4, 0.5) is 9.59 Å². The van der Waals surface area contributed by atoms with Gasteiger partial charge in [-0.15, -0.1) is 0 Å². The Morgan fingerprint density at radius 2 is 0.948 bits per heavy atom. The van der Waals surface area contributed by atoms with Crippen LogP contribution in [-0.2, 0) is 9.47 Å². The third-order valence-corrected chi connectivity index (χ3v) is 14.5. The Balaban J connectivity index is 0.000000143. The van der Waals surface area contributed by atoms with Crippen molar-refractivity contribution in [2.75, 3.05) is 13.2 Å². The third-order valence-electron chi connectivity index (χ3n) is 12.9. The quantitative estimate of drug-likeness (QED) is 0.158. The zero-order chi connectivity index (χ0) is 54.3. The molecule has 77 heavy (non-hydrogen) atoms. The molecule has 0 atom stereocenters. The predicted octanol–water partition coefficient (Wildman–Crippen LogP) is 18.7. The van der Waals surface area contributed by atoms with Crippen LogP contribution in [-0.4, -0.2) is 39.5 Å². The fraction of sp³-hybridized carbons (Fsp3) is 0.0938. The standard InChI is InChI=1S/C25H19ClN2O2.C22H15ClN2.C17H13ClINO2/c1-3-30-25(29)28-23-11-9-18(20-10-8-17(15-27)12-16(20)2)13-19(23)14-24(28)21-6-4-5-7-22(21)26;1-14-10-15(13-24)6-8-18(14)16-7-9-21-17(11-16)12-22(25-21)19-4-2-3-5-20(19)23;1-2-22-17(21)20-15-8-7-12(19)9-11(15)10-16(20)13-5-3-4-6-14(13)18/h4-14H,3H2,1-2H3;2-12,25H,1H3;3-10H,2H2,1H3. The number of H-pyrrole nitrogens is 1. The first-order valence-corrected chi connectivity index (χ1v) is 26.7. The number of aromatic amines is 1. The highest BCUT2D eigenvalue weighted by molar-refractivity contribution is 14.1. The highest BCUT2D eigenvalue weighted by Gasteiger charge is 2.21. The van der Waals surface area contributed by atoms with Gasteiger partial charge in [-0.3, -0.25) is 0 Å². The predicted molar refractivity (Wildman–Crippen MR) is 321 cm³/mol. The normalized spacial score (nSPS) is 10.8. The van der Waals surface area contributed by atoms with Crippen LogP contribution in [0, 0.1) is 40.1 Å². The number of benzene rings is 8. The van der Waals surface area contributed by atoms with E-state index in [2.05, 4.69) is 64.0 Å². The molecule has 0 saturated carbocycles. The smallest absolute Gasteiger partial charge is 0.418 e. The summed E-state index contributed by atoms with van der Waals surface area (Å²) in [5.41, 5.74) is 15.4. The molecular weight excluding hydrogens is 1140 g/mol. The van der Waals surface area contributed by atoms with Gasteiger partial charge in [-0.2, -0.15) is 10.5 Å². The van der Waals surface area contributed by atoms with Crippen molar-refractivity contribution < 1.29 is 19.1 Å². The highest BCUT2D eigenvalue weighted by atomic mass is 127. The maximum absolute atomic E-state index is 12.8. The van der Waals surface area contributed by atoms with Crippen LogP contribution in [0.1, 0.15) is 36.1 Å². The van der Waals surface area contributed by atoms with E-state index in [-0.39, 0.29) is 6.61 Å². The van der Waals surface area contributed by atoms with Crippen molar-refractivity contribution in [2.45, 2.75) is 27.7 Å². The van der Waals surface area contributed by atoms with Gasteiger partial charge >= 0.3 is 12.2 Å². The van der Waals surface area contributed by atoms with Crippen molar-refractivity contribution in [3.05, 3.63) is 223 Å². The number of nitrogens with zero attached hydrogens (tertiary/aromatic N) is 4. The van der Waals surface area contributed by atoms with Crippen LogP contribution in [0.5, 0.6) is 0 Å². The van der Waals surface area contributed by atoms with E-state index in [1.54, 1.807) is 29.0 Å². The summed E-state index contributed by atoms with van der Waals surface area (Å²) in [6.45, 7) is 8.20. The lowest BCUT2D eigenvalue weighted by atomic mass is 9.98. The third kappa shape index (κ3) is 11.5. The number of aromatic nitrogens is 3. The molecule has 0 aliphatic rings. The van der Waals surface area contributed by atoms with Crippen LogP contribution in [0.15, 0.2) is 182 Å². The molecule has 0 unspecified atom stereocenters. The summed E-state index contributed by atoms with van der Waals surface area (Å²) in [4.78, 5) is 28.6. The molecule has 0 saturated heterocycles. The fourth-order valence-corrected chi connectivity index (χ4v) is 10.5. The number of rotatable bonds is 7. The molecule has 380 valence electrons. The maximum Gasteiger partial charge on any atom is 0.418 e. The number of nitrogens with one attached hydrogen (secondary N) is 1. The van der Waals surface area contributed by atoms with E-state index in [4.69, 9.17) is 54.8 Å². The molecule has 11 rings (SSSR count). The van der Waals surface area contributed by atoms with Gasteiger partial charge in [-0.05, 0) is 187 Å². The lowest BCUT2D eigenvalue weighted by Gasteiger charge is -2.11. The van der Waals surface area contributed by atoms with Crippen LogP contribution >= 0.6 is 57.4 Å². The molecule has 11 aromatic rings. The van der Waals surface area contributed by atoms with Crippen LogP contribution < -0.4 is 0 Å². The van der Waals surface area contributed by atoms with Crippen LogP contribution in [0.2, 0.25) is 15.1 Å². The van der Waals surface area contributed by atoms with E-state index in [9.17, 15) is 9.59 Å². The molecule has 3 heterocycles. The molecule has 9 nitrogen and oxygen atoms in total. The molecule has 0 aliphatic heterocycles. The van der Waals surface area contributed by atoms with Crippen molar-refractivity contribution in [3.63, 3.8) is 0 Å². The molecule has 0 aliphatic carbocycles. The first-order chi connectivity index (χ1) is 37.3. The first kappa shape index (κ1) is 53.7. The number of carbonyl (C=O) groups excluding carboxylic acids is 2. The summed E-state index contributed by atoms with van der Waals surface area (Å²) in [6, 6.07) is 62.8. The minimum absolute atomic E-state index is 0.281. The zero-order valence-electron chi connectivity index (χ0n) is 42.2. The van der Waals surface area contributed by atoms with Crippen molar-refractivity contribution in [1.82, 2.24) is 14.1 Å². The molecule has 8 aromatic carbocycles. The maximum atomic E-state index is 12.8. The summed E-state index contributed by atoms with van der Waals surface area (Å²) in [6.07, 6.45) is -0.835. The number of aryl methyl sites for hydroxylation is 2. The average molecular weight is 1180 g/mol. The zero-order valence-corrected chi connectivity index (χ0v) is 46.6. The number of nitriles is 2. The van der Waals surface area contributed by atoms with Crippen molar-refractivity contribution in [3.8, 4) is 68.2 Å². The highest BCUT2D eigenvalue weighted by Crippen LogP contribution is 2.38. The number of hydrogen-bond acceptors (Lipinski definition) is 6. The number of halogens is 4. The van der Waals surface area contributed by atoms with E-state index >= 15 is 0 Å². The molecule has 0 fully saturated rings. The molecule has 0 radical (unpaired) electrons. The minimum atomic E-state index is -0.440. The Hall–Kier alpha value is -8.10. The van der Waals surface area contributed by atoms with Gasteiger partial charge in [0.05, 0.1) is 58.9 Å². The monoisotopic (exact) mass is 1180 g/mol. The number of hydrogen-bond donors (Lipinski definition) is 1. The van der Waals surface area contributed by atoms with Gasteiger partial charge in [0, 0.05) is 62.7 Å². The van der Waals surface area contributed by atoms with E-state index < -0.39 is 12.2 Å². The van der Waals surface area contributed by atoms with Gasteiger partial charge in [0.15, 0.2) is 0 Å². The Bertz CT molecular complexity index is 4140. The summed E-state index contributed by atoms with van der Waals surface area (Å²) >= 11 is 21.3. The average Bonchev–Trinajstić information content (AvgIpc) is 4.15. The van der Waals surface area contributed by atoms with Gasteiger partial charge in [0.1, 0.15) is 0 Å². The van der Waals surface area contributed by atoms with Gasteiger partial charge in [0.2, 0.25) is 0 Å². The fourth-order valence-electron chi connectivity index (χ4n) is 9.31. The molecule has 13 heteroatoms. The number of fused-ring (bicyclic) bond motifs is 3. The lowest BCUT2D eigenvalue weighted by Crippen LogP contribution is -2.14. The van der Waals surface area contributed by atoms with Gasteiger partial charge in [0.25, 0.3) is 0 Å². The van der Waals surface area contributed by atoms with E-state index in [0.29, 0.717) is 33.5 Å². The second-order valence-corrected chi connectivity index (χ2v) is 20.3. The summed E-state index contributed by atoms with van der Waals surface area (Å²) in [7, 11) is 0. The summed E-state index contributed by atoms with van der Waals surface area (Å²) in [5, 5.41) is 23.1. The van der Waals surface area contributed by atoms with Crippen LogP contribution in [0.3, 0.4) is 0 Å². The molecule has 1 N–H and O–H groups in total. The van der Waals surface area contributed by atoms with Crippen molar-refractivity contribution >= 4 is 102 Å². The minimum Gasteiger partial charge on any atom is -0.449 e. The largest absolute Gasteiger partial charge is 0.449 e. The molecule has 0 spiro atoms. The topological polar surface area (TPSA) is 126 Å². The Labute approximate surface area is 474 Å². The van der Waals surface area contributed by atoms with Gasteiger partial charge in [-0.25, -0.2) is 18.7 Å². The molecule has 0 bridgehead atoms. The van der Waals surface area contributed by atoms with Gasteiger partial charge < -0.3 is 14.5 Å². The van der Waals surface area contributed by atoms with Crippen molar-refractivity contribution in [1.29, 1.82) is 10.5 Å². The molecular formula is C64H47Cl3IN5O4. The summed E-state index contributed by atoms with van der Waals surface area (Å²) in [5.74, 6) is 0. The first-order valence-electron chi connectivity index (χ1n) is 24.5. The van der Waals surface area contributed by atoms with Crippen molar-refractivity contribution in [2.24, 2.45) is 0 Å². The Morgan fingerprint density at radius 3 is 1.42 bits per heavy atom.